The van der Waals surface area contributed by atoms with Crippen molar-refractivity contribution in [1.82, 2.24) is 9.88 Å². The fourth-order valence-electron chi connectivity index (χ4n) is 3.98. The number of carbonyl (C=O) groups is 1. The normalized spacial score (nSPS) is 20.1. The quantitative estimate of drug-likeness (QED) is 0.853. The van der Waals surface area contributed by atoms with Crippen LogP contribution in [0.25, 0.3) is 0 Å². The van der Waals surface area contributed by atoms with Gasteiger partial charge in [0, 0.05) is 32.4 Å². The van der Waals surface area contributed by atoms with Gasteiger partial charge in [-0.25, -0.2) is 4.98 Å². The van der Waals surface area contributed by atoms with Crippen LogP contribution >= 0.6 is 0 Å². The zero-order valence-corrected chi connectivity index (χ0v) is 14.1. The second-order valence-electron chi connectivity index (χ2n) is 6.75. The van der Waals surface area contributed by atoms with Crippen LogP contribution in [-0.4, -0.2) is 42.0 Å². The Morgan fingerprint density at radius 2 is 1.88 bits per heavy atom. The van der Waals surface area contributed by atoms with E-state index in [9.17, 15) is 4.79 Å². The van der Waals surface area contributed by atoms with Crippen molar-refractivity contribution in [1.29, 1.82) is 0 Å². The van der Waals surface area contributed by atoms with Crippen molar-refractivity contribution in [2.45, 2.75) is 25.7 Å². The van der Waals surface area contributed by atoms with Crippen LogP contribution in [0.5, 0.6) is 0 Å². The van der Waals surface area contributed by atoms with Crippen LogP contribution in [0.2, 0.25) is 0 Å². The summed E-state index contributed by atoms with van der Waals surface area (Å²) in [6.45, 7) is 5.38. The molecule has 1 aliphatic carbocycles. The Balaban J connectivity index is 1.43. The molecule has 0 unspecified atom stereocenters. The van der Waals surface area contributed by atoms with E-state index >= 15 is 0 Å². The molecule has 4 rings (SSSR count). The fraction of sp³-hybridized carbons (Fsp3) is 0.400. The highest BCUT2D eigenvalue weighted by Crippen LogP contribution is 2.34. The number of amides is 1. The van der Waals surface area contributed by atoms with E-state index in [2.05, 4.69) is 41.1 Å². The number of piperazine rings is 1. The lowest BCUT2D eigenvalue weighted by Gasteiger charge is -2.37. The largest absolute Gasteiger partial charge is 0.353 e. The van der Waals surface area contributed by atoms with Gasteiger partial charge in [-0.2, -0.15) is 0 Å². The topological polar surface area (TPSA) is 36.4 Å². The number of rotatable bonds is 2. The van der Waals surface area contributed by atoms with E-state index in [1.165, 1.54) is 16.7 Å². The molecular formula is C20H23N3O. The predicted octanol–water partition coefficient (Wildman–Crippen LogP) is 2.77. The first-order chi connectivity index (χ1) is 11.7. The lowest BCUT2D eigenvalue weighted by Crippen LogP contribution is -2.50. The molecule has 1 aromatic carbocycles. The summed E-state index contributed by atoms with van der Waals surface area (Å²) in [5, 5.41) is 0. The number of aromatic nitrogens is 1. The van der Waals surface area contributed by atoms with Crippen molar-refractivity contribution in [2.24, 2.45) is 0 Å². The van der Waals surface area contributed by atoms with Crippen LogP contribution in [0.15, 0.2) is 42.6 Å². The molecule has 2 heterocycles. The highest BCUT2D eigenvalue weighted by molar-refractivity contribution is 5.85. The Hall–Kier alpha value is -2.36. The molecule has 4 heteroatoms. The molecule has 4 nitrogen and oxygen atoms in total. The number of hydrogen-bond acceptors (Lipinski definition) is 3. The van der Waals surface area contributed by atoms with E-state index in [4.69, 9.17) is 0 Å². The Labute approximate surface area is 143 Å². The number of pyridine rings is 1. The Morgan fingerprint density at radius 3 is 2.67 bits per heavy atom. The van der Waals surface area contributed by atoms with Gasteiger partial charge in [0.2, 0.25) is 5.91 Å². The van der Waals surface area contributed by atoms with E-state index in [0.29, 0.717) is 5.91 Å². The van der Waals surface area contributed by atoms with Crippen LogP contribution in [0.4, 0.5) is 5.82 Å². The van der Waals surface area contributed by atoms with E-state index in [1.54, 1.807) is 0 Å². The number of nitrogens with zero attached hydrogens (tertiary/aromatic N) is 3. The van der Waals surface area contributed by atoms with Gasteiger partial charge in [-0.15, -0.1) is 0 Å². The van der Waals surface area contributed by atoms with Crippen LogP contribution in [0, 0.1) is 6.92 Å². The summed E-state index contributed by atoms with van der Waals surface area (Å²) >= 11 is 0. The Bertz CT molecular complexity index is 750. The van der Waals surface area contributed by atoms with Crippen molar-refractivity contribution in [3.8, 4) is 0 Å². The third-order valence-electron chi connectivity index (χ3n) is 5.30. The average Bonchev–Trinajstić information content (AvgIpc) is 3.06. The third kappa shape index (κ3) is 2.66. The van der Waals surface area contributed by atoms with Gasteiger partial charge in [0.1, 0.15) is 5.82 Å². The molecule has 1 amide bonds. The fourth-order valence-corrected chi connectivity index (χ4v) is 3.98. The number of fused-ring (bicyclic) bond motifs is 1. The molecule has 24 heavy (non-hydrogen) atoms. The van der Waals surface area contributed by atoms with Crippen molar-refractivity contribution >= 4 is 11.7 Å². The molecule has 1 saturated heterocycles. The summed E-state index contributed by atoms with van der Waals surface area (Å²) in [6.07, 6.45) is 3.83. The molecule has 0 spiro atoms. The van der Waals surface area contributed by atoms with E-state index < -0.39 is 0 Å². The van der Waals surface area contributed by atoms with Crippen LogP contribution < -0.4 is 4.90 Å². The minimum Gasteiger partial charge on any atom is -0.353 e. The lowest BCUT2D eigenvalue weighted by molar-refractivity contribution is -0.133. The van der Waals surface area contributed by atoms with Crippen molar-refractivity contribution in [2.75, 3.05) is 31.1 Å². The van der Waals surface area contributed by atoms with Crippen molar-refractivity contribution < 1.29 is 4.79 Å². The number of aryl methyl sites for hydroxylation is 2. The minimum absolute atomic E-state index is 0.0596. The summed E-state index contributed by atoms with van der Waals surface area (Å²) in [5.74, 6) is 1.41. The van der Waals surface area contributed by atoms with Gasteiger partial charge in [-0.05, 0) is 42.5 Å². The van der Waals surface area contributed by atoms with E-state index in [0.717, 1.165) is 44.8 Å². The first kappa shape index (κ1) is 15.2. The molecule has 2 aromatic rings. The highest BCUT2D eigenvalue weighted by Gasteiger charge is 2.33. The SMILES string of the molecule is Cc1cccnc1N1CCN(C(=O)[C@H]2CCc3ccccc32)CC1. The predicted molar refractivity (Wildman–Crippen MR) is 95.3 cm³/mol. The first-order valence-electron chi connectivity index (χ1n) is 8.77. The van der Waals surface area contributed by atoms with E-state index in [1.807, 2.05) is 23.2 Å². The smallest absolute Gasteiger partial charge is 0.230 e. The summed E-state index contributed by atoms with van der Waals surface area (Å²) in [5.41, 5.74) is 3.78. The maximum absolute atomic E-state index is 13.0. The van der Waals surface area contributed by atoms with Crippen LogP contribution in [-0.2, 0) is 11.2 Å². The Kier molecular flexibility index (Phi) is 3.97. The molecule has 0 radical (unpaired) electrons. The summed E-state index contributed by atoms with van der Waals surface area (Å²) in [7, 11) is 0. The Morgan fingerprint density at radius 1 is 1.08 bits per heavy atom. The van der Waals surface area contributed by atoms with Crippen molar-refractivity contribution in [3.05, 3.63) is 59.3 Å². The summed E-state index contributed by atoms with van der Waals surface area (Å²) in [4.78, 5) is 21.8. The minimum atomic E-state index is 0.0596. The van der Waals surface area contributed by atoms with E-state index in [-0.39, 0.29) is 5.92 Å². The van der Waals surface area contributed by atoms with Crippen molar-refractivity contribution in [3.63, 3.8) is 0 Å². The summed E-state index contributed by atoms with van der Waals surface area (Å²) in [6, 6.07) is 12.5. The third-order valence-corrected chi connectivity index (χ3v) is 5.30. The number of carbonyl (C=O) groups excluding carboxylic acids is 1. The molecule has 124 valence electrons. The zero-order chi connectivity index (χ0) is 16.5. The zero-order valence-electron chi connectivity index (χ0n) is 14.1. The maximum Gasteiger partial charge on any atom is 0.230 e. The van der Waals surface area contributed by atoms with Gasteiger partial charge in [0.25, 0.3) is 0 Å². The van der Waals surface area contributed by atoms with Gasteiger partial charge in [-0.3, -0.25) is 4.79 Å². The molecule has 1 fully saturated rings. The maximum atomic E-state index is 13.0. The lowest BCUT2D eigenvalue weighted by atomic mass is 9.99. The number of anilines is 1. The molecule has 0 saturated carbocycles. The van der Waals surface area contributed by atoms with Crippen LogP contribution in [0.1, 0.15) is 29.0 Å². The van der Waals surface area contributed by atoms with Gasteiger partial charge in [0.15, 0.2) is 0 Å². The monoisotopic (exact) mass is 321 g/mol. The number of benzene rings is 1. The number of hydrogen-bond donors (Lipinski definition) is 0. The van der Waals surface area contributed by atoms with Gasteiger partial charge in [0.05, 0.1) is 5.92 Å². The molecule has 0 bridgehead atoms. The summed E-state index contributed by atoms with van der Waals surface area (Å²) < 4.78 is 0. The molecule has 1 aromatic heterocycles. The van der Waals surface area contributed by atoms with Gasteiger partial charge < -0.3 is 9.80 Å². The van der Waals surface area contributed by atoms with Gasteiger partial charge >= 0.3 is 0 Å². The average molecular weight is 321 g/mol. The highest BCUT2D eigenvalue weighted by atomic mass is 16.2. The molecule has 0 N–H and O–H groups in total. The van der Waals surface area contributed by atoms with Crippen LogP contribution in [0.3, 0.4) is 0 Å². The van der Waals surface area contributed by atoms with Gasteiger partial charge in [-0.1, -0.05) is 30.3 Å². The standard InChI is InChI=1S/C20H23N3O/c1-15-5-4-10-21-19(15)22-11-13-23(14-12-22)20(24)18-9-8-16-6-2-3-7-17(16)18/h2-7,10,18H,8-9,11-14H2,1H3/t18-/m0/s1. The molecular weight excluding hydrogens is 298 g/mol. The molecule has 1 atom stereocenters. The first-order valence-corrected chi connectivity index (χ1v) is 8.77. The second kappa shape index (κ2) is 6.27. The molecule has 2 aliphatic rings. The second-order valence-corrected chi connectivity index (χ2v) is 6.75. The molecule has 1 aliphatic heterocycles.